The minimum Gasteiger partial charge on any atom is -0.406 e. The summed E-state index contributed by atoms with van der Waals surface area (Å²) < 4.78 is 82.7. The zero-order valence-electron chi connectivity index (χ0n) is 21.9. The van der Waals surface area contributed by atoms with Crippen molar-refractivity contribution in [2.45, 2.75) is 25.9 Å². The van der Waals surface area contributed by atoms with Crippen LogP contribution in [-0.4, -0.2) is 56.4 Å². The molecule has 0 radical (unpaired) electrons. The van der Waals surface area contributed by atoms with Crippen molar-refractivity contribution in [1.82, 2.24) is 10.2 Å². The number of guanidine groups is 1. The SMILES string of the molecule is C=Cc1ccccc1C(F)(F)F.CNC1=C(C)CC(N2CCOCC2)=NC(Nc2ccc(OC(F)(F)F)cc2)=N1. The summed E-state index contributed by atoms with van der Waals surface area (Å²) in [6, 6.07) is 10.8. The Balaban J connectivity index is 0.000000307. The number of hydrogen-bond acceptors (Lipinski definition) is 7. The molecule has 40 heavy (non-hydrogen) atoms. The number of benzene rings is 2. The molecule has 0 amide bonds. The Morgan fingerprint density at radius 1 is 0.975 bits per heavy atom. The van der Waals surface area contributed by atoms with Crippen LogP contribution in [0.2, 0.25) is 0 Å². The van der Waals surface area contributed by atoms with Crippen LogP contribution in [0.25, 0.3) is 6.08 Å². The fraction of sp³-hybridized carbons (Fsp3) is 0.333. The van der Waals surface area contributed by atoms with E-state index in [0.717, 1.165) is 30.6 Å². The van der Waals surface area contributed by atoms with Crippen LogP contribution in [0.4, 0.5) is 32.0 Å². The van der Waals surface area contributed by atoms with Gasteiger partial charge in [-0.05, 0) is 48.4 Å². The van der Waals surface area contributed by atoms with Crippen molar-refractivity contribution in [3.63, 3.8) is 0 Å². The predicted molar refractivity (Wildman–Crippen MR) is 142 cm³/mol. The van der Waals surface area contributed by atoms with Gasteiger partial charge in [0.25, 0.3) is 0 Å². The van der Waals surface area contributed by atoms with Crippen molar-refractivity contribution in [3.8, 4) is 5.75 Å². The third-order valence-corrected chi connectivity index (χ3v) is 5.72. The highest BCUT2D eigenvalue weighted by molar-refractivity contribution is 6.04. The number of alkyl halides is 6. The van der Waals surface area contributed by atoms with E-state index in [9.17, 15) is 26.3 Å². The molecule has 2 aliphatic heterocycles. The molecule has 1 saturated heterocycles. The van der Waals surface area contributed by atoms with Crippen molar-refractivity contribution in [2.75, 3.05) is 38.7 Å². The van der Waals surface area contributed by atoms with Gasteiger partial charge in [-0.25, -0.2) is 0 Å². The van der Waals surface area contributed by atoms with E-state index < -0.39 is 18.1 Å². The molecule has 0 aromatic heterocycles. The van der Waals surface area contributed by atoms with Gasteiger partial charge in [-0.1, -0.05) is 30.9 Å². The van der Waals surface area contributed by atoms with Crippen molar-refractivity contribution in [2.24, 2.45) is 9.98 Å². The zero-order chi connectivity index (χ0) is 29.3. The van der Waals surface area contributed by atoms with Crippen molar-refractivity contribution in [3.05, 3.63) is 77.6 Å². The van der Waals surface area contributed by atoms with Gasteiger partial charge in [0.1, 0.15) is 17.4 Å². The molecule has 0 bridgehead atoms. The lowest BCUT2D eigenvalue weighted by atomic mass is 10.1. The van der Waals surface area contributed by atoms with E-state index in [-0.39, 0.29) is 11.3 Å². The van der Waals surface area contributed by atoms with Crippen LogP contribution in [0.3, 0.4) is 0 Å². The molecule has 2 aromatic rings. The van der Waals surface area contributed by atoms with Gasteiger partial charge in [0, 0.05) is 32.2 Å². The Morgan fingerprint density at radius 3 is 2.17 bits per heavy atom. The van der Waals surface area contributed by atoms with Gasteiger partial charge in [-0.15, -0.1) is 13.2 Å². The standard InChI is InChI=1S/C18H22F3N5O2.C9H7F3/c1-12-11-15(26-7-9-27-10-8-26)24-17(25-16(12)22-2)23-13-3-5-14(6-4-13)28-18(19,20)21;1-2-7-5-3-4-6-8(7)9(10,11)12/h3-6,22H,7-11H2,1-2H3,(H,23,25);2-6H,1H2. The van der Waals surface area contributed by atoms with Gasteiger partial charge < -0.3 is 25.0 Å². The summed E-state index contributed by atoms with van der Waals surface area (Å²) in [5.41, 5.74) is 1.07. The normalized spacial score (nSPS) is 16.1. The Labute approximate surface area is 227 Å². The maximum absolute atomic E-state index is 12.3. The number of amidine groups is 1. The van der Waals surface area contributed by atoms with Crippen LogP contribution in [0.15, 0.2) is 76.5 Å². The third-order valence-electron chi connectivity index (χ3n) is 5.72. The van der Waals surface area contributed by atoms with Crippen molar-refractivity contribution >= 4 is 23.6 Å². The average Bonchev–Trinajstić information content (AvgIpc) is 3.07. The molecule has 0 atom stereocenters. The number of aliphatic imine (C=N–C) groups is 2. The summed E-state index contributed by atoms with van der Waals surface area (Å²) >= 11 is 0. The Bertz CT molecular complexity index is 1250. The van der Waals surface area contributed by atoms with Crippen molar-refractivity contribution < 1.29 is 35.8 Å². The first-order valence-corrected chi connectivity index (χ1v) is 12.2. The molecule has 7 nitrogen and oxygen atoms in total. The van der Waals surface area contributed by atoms with Gasteiger partial charge in [0.05, 0.1) is 18.8 Å². The minimum atomic E-state index is -4.72. The van der Waals surface area contributed by atoms with E-state index in [1.165, 1.54) is 42.5 Å². The monoisotopic (exact) mass is 569 g/mol. The smallest absolute Gasteiger partial charge is 0.406 e. The number of ether oxygens (including phenoxy) is 2. The second-order valence-electron chi connectivity index (χ2n) is 8.60. The lowest BCUT2D eigenvalue weighted by molar-refractivity contribution is -0.274. The molecular formula is C27H29F6N5O2. The van der Waals surface area contributed by atoms with Gasteiger partial charge in [-0.3, -0.25) is 0 Å². The predicted octanol–water partition coefficient (Wildman–Crippen LogP) is 6.29. The molecule has 2 aliphatic rings. The molecule has 216 valence electrons. The van der Waals surface area contributed by atoms with E-state index >= 15 is 0 Å². The van der Waals surface area contributed by atoms with Crippen LogP contribution in [-0.2, 0) is 10.9 Å². The fourth-order valence-corrected chi connectivity index (χ4v) is 3.84. The number of morpholine rings is 1. The van der Waals surface area contributed by atoms with Crippen LogP contribution in [0.5, 0.6) is 5.75 Å². The van der Waals surface area contributed by atoms with E-state index in [0.29, 0.717) is 37.1 Å². The average molecular weight is 570 g/mol. The van der Waals surface area contributed by atoms with Crippen LogP contribution in [0.1, 0.15) is 24.5 Å². The van der Waals surface area contributed by atoms with Crippen LogP contribution >= 0.6 is 0 Å². The summed E-state index contributed by atoms with van der Waals surface area (Å²) in [7, 11) is 1.78. The Hall–Kier alpha value is -4.00. The summed E-state index contributed by atoms with van der Waals surface area (Å²) in [6.45, 7) is 8.06. The van der Waals surface area contributed by atoms with E-state index in [1.807, 2.05) is 6.92 Å². The quantitative estimate of drug-likeness (QED) is 0.424. The molecule has 13 heteroatoms. The third kappa shape index (κ3) is 9.04. The molecule has 0 spiro atoms. The number of nitrogens with one attached hydrogen (secondary N) is 2. The lowest BCUT2D eigenvalue weighted by Gasteiger charge is -2.29. The summed E-state index contributed by atoms with van der Waals surface area (Å²) in [6.07, 6.45) is -7.17. The van der Waals surface area contributed by atoms with Crippen molar-refractivity contribution in [1.29, 1.82) is 0 Å². The molecule has 2 heterocycles. The molecule has 0 aliphatic carbocycles. The largest absolute Gasteiger partial charge is 0.573 e. The van der Waals surface area contributed by atoms with E-state index in [2.05, 4.69) is 36.8 Å². The molecule has 2 aromatic carbocycles. The summed E-state index contributed by atoms with van der Waals surface area (Å²) in [5, 5.41) is 6.12. The number of hydrogen-bond donors (Lipinski definition) is 2. The highest BCUT2D eigenvalue weighted by Crippen LogP contribution is 2.32. The van der Waals surface area contributed by atoms with Gasteiger partial charge in [0.15, 0.2) is 0 Å². The fourth-order valence-electron chi connectivity index (χ4n) is 3.84. The first-order chi connectivity index (χ1) is 18.9. The molecular weight excluding hydrogens is 540 g/mol. The second-order valence-corrected chi connectivity index (χ2v) is 8.60. The van der Waals surface area contributed by atoms with Crippen LogP contribution < -0.4 is 15.4 Å². The topological polar surface area (TPSA) is 70.5 Å². The Kier molecular flexibility index (Phi) is 10.2. The number of nitrogens with zero attached hydrogens (tertiary/aromatic N) is 3. The highest BCUT2D eigenvalue weighted by atomic mass is 19.4. The Morgan fingerprint density at radius 2 is 1.62 bits per heavy atom. The van der Waals surface area contributed by atoms with E-state index in [1.54, 1.807) is 13.1 Å². The summed E-state index contributed by atoms with van der Waals surface area (Å²) in [5.74, 6) is 1.64. The number of anilines is 1. The van der Waals surface area contributed by atoms with Gasteiger partial charge in [0.2, 0.25) is 5.96 Å². The van der Waals surface area contributed by atoms with Gasteiger partial charge >= 0.3 is 12.5 Å². The first-order valence-electron chi connectivity index (χ1n) is 12.2. The first kappa shape index (κ1) is 30.5. The van der Waals surface area contributed by atoms with E-state index in [4.69, 9.17) is 4.74 Å². The molecule has 2 N–H and O–H groups in total. The van der Waals surface area contributed by atoms with Crippen LogP contribution in [0, 0.1) is 0 Å². The highest BCUT2D eigenvalue weighted by Gasteiger charge is 2.32. The maximum Gasteiger partial charge on any atom is 0.573 e. The second kappa shape index (κ2) is 13.4. The maximum atomic E-state index is 12.3. The van der Waals surface area contributed by atoms with Gasteiger partial charge in [-0.2, -0.15) is 23.2 Å². The zero-order valence-corrected chi connectivity index (χ0v) is 21.9. The molecule has 4 rings (SSSR count). The number of rotatable bonds is 4. The molecule has 0 unspecified atom stereocenters. The minimum absolute atomic E-state index is 0.116. The number of halogens is 6. The lowest BCUT2D eigenvalue weighted by Crippen LogP contribution is -2.41. The molecule has 1 fully saturated rings. The molecule has 0 saturated carbocycles. The summed E-state index contributed by atoms with van der Waals surface area (Å²) in [4.78, 5) is 11.3.